The Morgan fingerprint density at radius 3 is 1.45 bits per heavy atom. The van der Waals surface area contributed by atoms with E-state index in [4.69, 9.17) is 18.5 Å². The van der Waals surface area contributed by atoms with Gasteiger partial charge in [-0.1, -0.05) is 134 Å². The van der Waals surface area contributed by atoms with E-state index in [0.29, 0.717) is 17.4 Å². The lowest BCUT2D eigenvalue weighted by Gasteiger charge is -2.28. The molecule has 0 rings (SSSR count). The van der Waals surface area contributed by atoms with Gasteiger partial charge in [-0.3, -0.25) is 9.36 Å². The molecule has 0 spiro atoms. The van der Waals surface area contributed by atoms with Crippen LogP contribution in [0.5, 0.6) is 0 Å². The second-order valence-corrected chi connectivity index (χ2v) is 17.2. The molecule has 0 aromatic rings. The van der Waals surface area contributed by atoms with E-state index in [1.165, 1.54) is 135 Å². The Bertz CT molecular complexity index is 947. The summed E-state index contributed by atoms with van der Waals surface area (Å²) in [5.41, 5.74) is 0. The zero-order chi connectivity index (χ0) is 39.1. The number of carbonyl (C=O) groups excluding carboxylic acids is 1. The number of carbonyl (C=O) groups is 1. The number of quaternary nitrogens is 1. The minimum absolute atomic E-state index is 0.0253. The second-order valence-electron chi connectivity index (χ2n) is 15.8. The first-order valence-electron chi connectivity index (χ1n) is 21.8. The highest BCUT2D eigenvalue weighted by atomic mass is 31.2. The molecule has 9 heteroatoms. The molecule has 0 aromatic carbocycles. The SMILES string of the molecule is CCCCCC/C=C\CCCCCCCC/C=C\OC(COC(=O)CCCCCCCCC/C=C\CCCCCC)COP(=O)([O-])OCC[N+](C)(C)C. The largest absolute Gasteiger partial charge is 0.756 e. The van der Waals surface area contributed by atoms with Crippen LogP contribution in [0, 0.1) is 0 Å². The van der Waals surface area contributed by atoms with Gasteiger partial charge in [-0.2, -0.15) is 0 Å². The van der Waals surface area contributed by atoms with E-state index in [-0.39, 0.29) is 25.8 Å². The maximum absolute atomic E-state index is 12.5. The number of likely N-dealkylation sites (N-methyl/N-ethyl adjacent to an activating group) is 1. The number of ether oxygens (including phenoxy) is 2. The fourth-order valence-corrected chi connectivity index (χ4v) is 6.48. The predicted molar refractivity (Wildman–Crippen MR) is 222 cm³/mol. The number of rotatable bonds is 40. The van der Waals surface area contributed by atoms with Crippen molar-refractivity contribution in [3.05, 3.63) is 36.6 Å². The fraction of sp³-hybridized carbons (Fsp3) is 0.841. The Morgan fingerprint density at radius 1 is 0.585 bits per heavy atom. The van der Waals surface area contributed by atoms with Gasteiger partial charge in [-0.15, -0.1) is 0 Å². The number of nitrogens with zero attached hydrogens (tertiary/aromatic N) is 1. The molecule has 0 fully saturated rings. The van der Waals surface area contributed by atoms with Crippen molar-refractivity contribution in [3.63, 3.8) is 0 Å². The molecule has 0 saturated heterocycles. The number of phosphoric acid groups is 1. The van der Waals surface area contributed by atoms with Crippen LogP contribution < -0.4 is 4.89 Å². The predicted octanol–water partition coefficient (Wildman–Crippen LogP) is 12.3. The van der Waals surface area contributed by atoms with Crippen molar-refractivity contribution in [2.75, 3.05) is 47.5 Å². The third-order valence-electron chi connectivity index (χ3n) is 9.25. The smallest absolute Gasteiger partial charge is 0.305 e. The number of phosphoric ester groups is 1. The van der Waals surface area contributed by atoms with Gasteiger partial charge in [0.25, 0.3) is 7.82 Å². The first-order valence-corrected chi connectivity index (χ1v) is 23.2. The minimum Gasteiger partial charge on any atom is -0.756 e. The van der Waals surface area contributed by atoms with Crippen molar-refractivity contribution in [2.45, 2.75) is 193 Å². The van der Waals surface area contributed by atoms with E-state index in [1.54, 1.807) is 6.26 Å². The molecule has 2 atom stereocenters. The zero-order valence-electron chi connectivity index (χ0n) is 35.2. The van der Waals surface area contributed by atoms with Crippen LogP contribution in [0.1, 0.15) is 187 Å². The average molecular weight is 770 g/mol. The maximum atomic E-state index is 12.5. The van der Waals surface area contributed by atoms with Crippen LogP contribution in [0.4, 0.5) is 0 Å². The number of esters is 1. The third kappa shape index (κ3) is 41.6. The van der Waals surface area contributed by atoms with Gasteiger partial charge in [0.1, 0.15) is 19.8 Å². The van der Waals surface area contributed by atoms with E-state index in [2.05, 4.69) is 38.2 Å². The summed E-state index contributed by atoms with van der Waals surface area (Å²) in [7, 11) is 1.36. The van der Waals surface area contributed by atoms with Crippen LogP contribution >= 0.6 is 7.82 Å². The van der Waals surface area contributed by atoms with Gasteiger partial charge in [0.15, 0.2) is 6.10 Å². The van der Waals surface area contributed by atoms with Crippen molar-refractivity contribution in [2.24, 2.45) is 0 Å². The number of hydrogen-bond donors (Lipinski definition) is 0. The van der Waals surface area contributed by atoms with Crippen molar-refractivity contribution in [1.82, 2.24) is 0 Å². The Hall–Kier alpha value is -1.44. The number of hydrogen-bond acceptors (Lipinski definition) is 7. The molecule has 53 heavy (non-hydrogen) atoms. The summed E-state index contributed by atoms with van der Waals surface area (Å²) in [6, 6.07) is 0. The van der Waals surface area contributed by atoms with Crippen LogP contribution in [0.25, 0.3) is 0 Å². The maximum Gasteiger partial charge on any atom is 0.305 e. The molecule has 0 saturated carbocycles. The van der Waals surface area contributed by atoms with Crippen LogP contribution in [0.3, 0.4) is 0 Å². The first-order chi connectivity index (χ1) is 25.6. The first kappa shape index (κ1) is 51.6. The number of unbranched alkanes of at least 4 members (excludes halogenated alkanes) is 22. The monoisotopic (exact) mass is 770 g/mol. The normalized spacial score (nSPS) is 14.1. The standard InChI is InChI=1S/C44H84NO7P/c1-6-8-10-12-14-16-18-20-22-24-26-28-30-32-34-36-39-49-43(42-52-53(47,48)51-40-38-45(3,4)5)41-50-44(46)37-35-33-31-29-27-25-23-21-19-17-15-13-11-9-7-2/h16-19,36,39,43H,6-15,20-35,37-38,40-42H2,1-5H3/b18-16-,19-17-,39-36-. The topological polar surface area (TPSA) is 94.1 Å². The quantitative estimate of drug-likeness (QED) is 0.0153. The molecule has 312 valence electrons. The van der Waals surface area contributed by atoms with Crippen molar-refractivity contribution < 1.29 is 37.3 Å². The molecule has 0 aliphatic carbocycles. The van der Waals surface area contributed by atoms with Crippen LogP contribution in [-0.2, 0) is 27.9 Å². The molecule has 8 nitrogen and oxygen atoms in total. The van der Waals surface area contributed by atoms with Gasteiger partial charge in [-0.05, 0) is 76.7 Å². The highest BCUT2D eigenvalue weighted by Crippen LogP contribution is 2.38. The summed E-state index contributed by atoms with van der Waals surface area (Å²) in [5.74, 6) is -0.299. The van der Waals surface area contributed by atoms with Gasteiger partial charge in [0.2, 0.25) is 0 Å². The molecule has 0 amide bonds. The Labute approximate surface area is 327 Å². The summed E-state index contributed by atoms with van der Waals surface area (Å²) < 4.78 is 34.3. The molecule has 0 radical (unpaired) electrons. The van der Waals surface area contributed by atoms with Crippen molar-refractivity contribution in [3.8, 4) is 0 Å². The van der Waals surface area contributed by atoms with E-state index >= 15 is 0 Å². The fourth-order valence-electron chi connectivity index (χ4n) is 5.75. The number of allylic oxidation sites excluding steroid dienone is 5. The second kappa shape index (κ2) is 37.5. The van der Waals surface area contributed by atoms with Gasteiger partial charge >= 0.3 is 5.97 Å². The summed E-state index contributed by atoms with van der Waals surface area (Å²) in [6.07, 6.45) is 43.9. The lowest BCUT2D eigenvalue weighted by molar-refractivity contribution is -0.870. The Balaban J connectivity index is 4.30. The molecule has 0 aliphatic rings. The molecule has 0 N–H and O–H groups in total. The molecular formula is C44H84NO7P. The molecule has 0 aliphatic heterocycles. The molecule has 0 aromatic heterocycles. The zero-order valence-corrected chi connectivity index (χ0v) is 36.1. The summed E-state index contributed by atoms with van der Waals surface area (Å²) in [5, 5.41) is 0. The van der Waals surface area contributed by atoms with Crippen molar-refractivity contribution in [1.29, 1.82) is 0 Å². The van der Waals surface area contributed by atoms with Gasteiger partial charge < -0.3 is 27.9 Å². The van der Waals surface area contributed by atoms with Crippen LogP contribution in [0.2, 0.25) is 0 Å². The highest BCUT2D eigenvalue weighted by molar-refractivity contribution is 7.45. The van der Waals surface area contributed by atoms with E-state index in [1.807, 2.05) is 27.2 Å². The summed E-state index contributed by atoms with van der Waals surface area (Å²) in [6.45, 7) is 4.68. The van der Waals surface area contributed by atoms with E-state index in [9.17, 15) is 14.3 Å². The van der Waals surface area contributed by atoms with Gasteiger partial charge in [-0.25, -0.2) is 0 Å². The molecular weight excluding hydrogens is 685 g/mol. The lowest BCUT2D eigenvalue weighted by atomic mass is 10.1. The summed E-state index contributed by atoms with van der Waals surface area (Å²) >= 11 is 0. The average Bonchev–Trinajstić information content (AvgIpc) is 3.11. The lowest BCUT2D eigenvalue weighted by Crippen LogP contribution is -2.37. The van der Waals surface area contributed by atoms with E-state index in [0.717, 1.165) is 32.1 Å². The van der Waals surface area contributed by atoms with Crippen LogP contribution in [-0.4, -0.2) is 64.1 Å². The van der Waals surface area contributed by atoms with Gasteiger partial charge in [0, 0.05) is 6.42 Å². The molecule has 0 bridgehead atoms. The molecule has 2 unspecified atom stereocenters. The van der Waals surface area contributed by atoms with E-state index < -0.39 is 13.9 Å². The Morgan fingerprint density at radius 2 is 1.00 bits per heavy atom. The van der Waals surface area contributed by atoms with Crippen molar-refractivity contribution >= 4 is 13.8 Å². The van der Waals surface area contributed by atoms with Gasteiger partial charge in [0.05, 0.1) is 34.0 Å². The van der Waals surface area contributed by atoms with Crippen LogP contribution in [0.15, 0.2) is 36.6 Å². The Kier molecular flexibility index (Phi) is 36.5. The minimum atomic E-state index is -4.52. The molecule has 0 heterocycles. The highest BCUT2D eigenvalue weighted by Gasteiger charge is 2.19. The third-order valence-corrected chi connectivity index (χ3v) is 10.2. The summed E-state index contributed by atoms with van der Waals surface area (Å²) in [4.78, 5) is 24.8.